The first-order chi connectivity index (χ1) is 10.0. The van der Waals surface area contributed by atoms with Crippen molar-refractivity contribution in [3.05, 3.63) is 52.1 Å². The van der Waals surface area contributed by atoms with Crippen LogP contribution in [0.5, 0.6) is 11.6 Å². The normalized spacial score (nSPS) is 10.9. The molecule has 2 aromatic rings. The molecule has 3 nitrogen and oxygen atoms in total. The number of nitrogens with zero attached hydrogens (tertiary/aromatic N) is 1. The highest BCUT2D eigenvalue weighted by Gasteiger charge is 2.04. The number of nitrogens with one attached hydrogen (secondary N) is 1. The standard InChI is InChI=1S/C17H21BrN2O/c1-12(2)10-19-11-15-5-4-6-17(20-15)21-16-8-7-14(18)9-13(16)3/h4-9,12,19H,10-11H2,1-3H3. The van der Waals surface area contributed by atoms with E-state index in [2.05, 4.69) is 40.1 Å². The molecule has 0 unspecified atom stereocenters. The molecule has 0 saturated carbocycles. The zero-order valence-electron chi connectivity index (χ0n) is 12.7. The van der Waals surface area contributed by atoms with E-state index in [0.717, 1.165) is 34.6 Å². The van der Waals surface area contributed by atoms with Crippen molar-refractivity contribution in [2.24, 2.45) is 5.92 Å². The average Bonchev–Trinajstić information content (AvgIpc) is 2.42. The van der Waals surface area contributed by atoms with E-state index in [4.69, 9.17) is 4.74 Å². The molecular weight excluding hydrogens is 328 g/mol. The fourth-order valence-corrected chi connectivity index (χ4v) is 2.42. The molecule has 0 aliphatic carbocycles. The SMILES string of the molecule is Cc1cc(Br)ccc1Oc1cccc(CNCC(C)C)n1. The zero-order chi connectivity index (χ0) is 15.2. The van der Waals surface area contributed by atoms with Gasteiger partial charge in [-0.2, -0.15) is 0 Å². The van der Waals surface area contributed by atoms with Crippen molar-refractivity contribution >= 4 is 15.9 Å². The third-order valence-corrected chi connectivity index (χ3v) is 3.48. The van der Waals surface area contributed by atoms with Crippen molar-refractivity contribution in [3.8, 4) is 11.6 Å². The summed E-state index contributed by atoms with van der Waals surface area (Å²) in [6.45, 7) is 8.15. The number of aromatic nitrogens is 1. The second kappa shape index (κ2) is 7.57. The summed E-state index contributed by atoms with van der Waals surface area (Å²) in [6.07, 6.45) is 0. The Hall–Kier alpha value is -1.39. The Morgan fingerprint density at radius 1 is 1.24 bits per heavy atom. The van der Waals surface area contributed by atoms with Gasteiger partial charge in [-0.25, -0.2) is 4.98 Å². The molecule has 0 saturated heterocycles. The second-order valence-electron chi connectivity index (χ2n) is 5.50. The van der Waals surface area contributed by atoms with Crippen LogP contribution in [-0.4, -0.2) is 11.5 Å². The summed E-state index contributed by atoms with van der Waals surface area (Å²) in [5.41, 5.74) is 2.07. The minimum Gasteiger partial charge on any atom is -0.439 e. The van der Waals surface area contributed by atoms with Gasteiger partial charge in [-0.15, -0.1) is 0 Å². The van der Waals surface area contributed by atoms with E-state index >= 15 is 0 Å². The molecule has 21 heavy (non-hydrogen) atoms. The molecule has 0 radical (unpaired) electrons. The summed E-state index contributed by atoms with van der Waals surface area (Å²) >= 11 is 3.45. The van der Waals surface area contributed by atoms with Crippen molar-refractivity contribution in [1.82, 2.24) is 10.3 Å². The minimum absolute atomic E-state index is 0.629. The molecule has 2 rings (SSSR count). The van der Waals surface area contributed by atoms with Gasteiger partial charge in [0.25, 0.3) is 0 Å². The van der Waals surface area contributed by atoms with E-state index in [-0.39, 0.29) is 0 Å². The molecule has 0 bridgehead atoms. The Morgan fingerprint density at radius 3 is 2.76 bits per heavy atom. The summed E-state index contributed by atoms with van der Waals surface area (Å²) in [5.74, 6) is 2.09. The fourth-order valence-electron chi connectivity index (χ4n) is 1.94. The largest absolute Gasteiger partial charge is 0.439 e. The van der Waals surface area contributed by atoms with E-state index in [1.165, 1.54) is 0 Å². The molecular formula is C17H21BrN2O. The summed E-state index contributed by atoms with van der Waals surface area (Å²) in [5, 5.41) is 3.39. The molecule has 0 spiro atoms. The van der Waals surface area contributed by atoms with Crippen molar-refractivity contribution in [2.75, 3.05) is 6.54 Å². The highest BCUT2D eigenvalue weighted by Crippen LogP contribution is 2.26. The van der Waals surface area contributed by atoms with Gasteiger partial charge in [0.1, 0.15) is 5.75 Å². The molecule has 0 fully saturated rings. The van der Waals surface area contributed by atoms with Crippen LogP contribution in [0.2, 0.25) is 0 Å². The Labute approximate surface area is 134 Å². The topological polar surface area (TPSA) is 34.1 Å². The van der Waals surface area contributed by atoms with E-state index in [9.17, 15) is 0 Å². The molecule has 1 aromatic heterocycles. The van der Waals surface area contributed by atoms with Crippen molar-refractivity contribution in [1.29, 1.82) is 0 Å². The summed E-state index contributed by atoms with van der Waals surface area (Å²) in [7, 11) is 0. The number of hydrogen-bond acceptors (Lipinski definition) is 3. The van der Waals surface area contributed by atoms with E-state index in [1.54, 1.807) is 0 Å². The van der Waals surface area contributed by atoms with Gasteiger partial charge >= 0.3 is 0 Å². The van der Waals surface area contributed by atoms with Crippen LogP contribution in [0.4, 0.5) is 0 Å². The predicted molar refractivity (Wildman–Crippen MR) is 89.7 cm³/mol. The Morgan fingerprint density at radius 2 is 2.05 bits per heavy atom. The zero-order valence-corrected chi connectivity index (χ0v) is 14.3. The average molecular weight is 349 g/mol. The van der Waals surface area contributed by atoms with Crippen LogP contribution < -0.4 is 10.1 Å². The van der Waals surface area contributed by atoms with Crippen LogP contribution in [-0.2, 0) is 6.54 Å². The molecule has 0 atom stereocenters. The Bertz CT molecular complexity index is 599. The molecule has 0 amide bonds. The molecule has 0 aliphatic heterocycles. The highest BCUT2D eigenvalue weighted by atomic mass is 79.9. The number of ether oxygens (including phenoxy) is 1. The fraction of sp³-hybridized carbons (Fsp3) is 0.353. The van der Waals surface area contributed by atoms with E-state index in [1.807, 2.05) is 43.3 Å². The number of hydrogen-bond donors (Lipinski definition) is 1. The summed E-state index contributed by atoms with van der Waals surface area (Å²) < 4.78 is 6.92. The molecule has 1 aromatic carbocycles. The smallest absolute Gasteiger partial charge is 0.219 e. The first-order valence-electron chi connectivity index (χ1n) is 7.15. The van der Waals surface area contributed by atoms with Crippen LogP contribution in [0.15, 0.2) is 40.9 Å². The third-order valence-electron chi connectivity index (χ3n) is 2.99. The third kappa shape index (κ3) is 5.14. The van der Waals surface area contributed by atoms with Gasteiger partial charge in [0, 0.05) is 17.1 Å². The van der Waals surface area contributed by atoms with Gasteiger partial charge in [0.05, 0.1) is 5.69 Å². The van der Waals surface area contributed by atoms with Gasteiger partial charge in [0.2, 0.25) is 5.88 Å². The Kier molecular flexibility index (Phi) is 5.76. The lowest BCUT2D eigenvalue weighted by Gasteiger charge is -2.10. The monoisotopic (exact) mass is 348 g/mol. The van der Waals surface area contributed by atoms with Gasteiger partial charge in [0.15, 0.2) is 0 Å². The van der Waals surface area contributed by atoms with E-state index < -0.39 is 0 Å². The first-order valence-corrected chi connectivity index (χ1v) is 7.94. The summed E-state index contributed by atoms with van der Waals surface area (Å²) in [6, 6.07) is 11.8. The maximum Gasteiger partial charge on any atom is 0.219 e. The van der Waals surface area contributed by atoms with Crippen LogP contribution in [0.1, 0.15) is 25.1 Å². The van der Waals surface area contributed by atoms with Crippen LogP contribution in [0.25, 0.3) is 0 Å². The molecule has 1 N–H and O–H groups in total. The Balaban J connectivity index is 2.03. The second-order valence-corrected chi connectivity index (χ2v) is 6.42. The van der Waals surface area contributed by atoms with Gasteiger partial charge in [-0.05, 0) is 49.2 Å². The van der Waals surface area contributed by atoms with E-state index in [0.29, 0.717) is 11.8 Å². The number of halogens is 1. The minimum atomic E-state index is 0.629. The molecule has 112 valence electrons. The van der Waals surface area contributed by atoms with Gasteiger partial charge in [-0.3, -0.25) is 0 Å². The van der Waals surface area contributed by atoms with Crippen LogP contribution in [0.3, 0.4) is 0 Å². The lowest BCUT2D eigenvalue weighted by Crippen LogP contribution is -2.19. The lowest BCUT2D eigenvalue weighted by molar-refractivity contribution is 0.455. The van der Waals surface area contributed by atoms with Crippen molar-refractivity contribution in [2.45, 2.75) is 27.3 Å². The lowest BCUT2D eigenvalue weighted by atomic mass is 10.2. The van der Waals surface area contributed by atoms with Crippen LogP contribution in [0, 0.1) is 12.8 Å². The maximum atomic E-state index is 5.87. The number of benzene rings is 1. The number of pyridine rings is 1. The van der Waals surface area contributed by atoms with Crippen molar-refractivity contribution in [3.63, 3.8) is 0 Å². The quantitative estimate of drug-likeness (QED) is 0.822. The van der Waals surface area contributed by atoms with Crippen LogP contribution >= 0.6 is 15.9 Å². The predicted octanol–water partition coefficient (Wildman–Crippen LogP) is 4.69. The number of rotatable bonds is 6. The van der Waals surface area contributed by atoms with Gasteiger partial charge in [-0.1, -0.05) is 35.8 Å². The molecule has 0 aliphatic rings. The van der Waals surface area contributed by atoms with Gasteiger partial charge < -0.3 is 10.1 Å². The molecule has 1 heterocycles. The first kappa shape index (κ1) is 16.0. The highest BCUT2D eigenvalue weighted by molar-refractivity contribution is 9.10. The number of aryl methyl sites for hydroxylation is 1. The summed E-state index contributed by atoms with van der Waals surface area (Å²) in [4.78, 5) is 4.53. The maximum absolute atomic E-state index is 5.87. The molecule has 4 heteroatoms. The van der Waals surface area contributed by atoms with Crippen molar-refractivity contribution < 1.29 is 4.74 Å².